The highest BCUT2D eigenvalue weighted by atomic mass is 16.5. The summed E-state index contributed by atoms with van der Waals surface area (Å²) >= 11 is 0. The highest BCUT2D eigenvalue weighted by Gasteiger charge is 2.10. The van der Waals surface area contributed by atoms with Crippen LogP contribution in [0.1, 0.15) is 12.5 Å². The van der Waals surface area contributed by atoms with E-state index in [2.05, 4.69) is 0 Å². The molecule has 0 saturated heterocycles. The van der Waals surface area contributed by atoms with Crippen molar-refractivity contribution in [2.45, 2.75) is 6.92 Å². The van der Waals surface area contributed by atoms with Gasteiger partial charge in [-0.25, -0.2) is 10.7 Å². The lowest BCUT2D eigenvalue weighted by atomic mass is 9.98. The van der Waals surface area contributed by atoms with Crippen LogP contribution in [0, 0.1) is 22.7 Å². The number of rotatable bonds is 5. The molecule has 1 rings (SSSR count). The molecular formula is C17H12N3O2-. The Morgan fingerprint density at radius 1 is 1.23 bits per heavy atom. The lowest BCUT2D eigenvalue weighted by Gasteiger charge is -2.05. The number of ether oxygens (including phenoxy) is 1. The maximum Gasteiger partial charge on any atom is 0.348 e. The third-order valence-electron chi connectivity index (χ3n) is 2.61. The largest absolute Gasteiger partial charge is 0.762 e. The maximum absolute atomic E-state index is 11.6. The molecule has 0 radical (unpaired) electrons. The van der Waals surface area contributed by atoms with Crippen LogP contribution in [0.15, 0.2) is 53.6 Å². The van der Waals surface area contributed by atoms with E-state index in [-0.39, 0.29) is 17.8 Å². The van der Waals surface area contributed by atoms with Crippen LogP contribution in [-0.2, 0) is 9.53 Å². The molecule has 0 saturated carbocycles. The quantitative estimate of drug-likeness (QED) is 0.274. The molecule has 0 fully saturated rings. The maximum atomic E-state index is 11.6. The molecule has 5 heteroatoms. The molecule has 0 unspecified atom stereocenters. The molecule has 0 aliphatic heterocycles. The van der Waals surface area contributed by atoms with Gasteiger partial charge in [-0.2, -0.15) is 10.5 Å². The lowest BCUT2D eigenvalue weighted by Crippen LogP contribution is -2.05. The zero-order valence-corrected chi connectivity index (χ0v) is 11.9. The Bertz CT molecular complexity index is 740. The van der Waals surface area contributed by atoms with Crippen molar-refractivity contribution in [2.75, 3.05) is 6.61 Å². The molecule has 0 amide bonds. The van der Waals surface area contributed by atoms with Crippen molar-refractivity contribution in [3.8, 4) is 12.1 Å². The average Bonchev–Trinajstić information content (AvgIpc) is 2.55. The van der Waals surface area contributed by atoms with Gasteiger partial charge in [0.15, 0.2) is 0 Å². The smallest absolute Gasteiger partial charge is 0.348 e. The molecule has 1 aromatic carbocycles. The molecule has 108 valence electrons. The van der Waals surface area contributed by atoms with E-state index < -0.39 is 5.97 Å². The number of hydrogen-bond donors (Lipinski definition) is 0. The van der Waals surface area contributed by atoms with E-state index in [1.54, 1.807) is 55.3 Å². The molecule has 1 aromatic rings. The third-order valence-corrected chi connectivity index (χ3v) is 2.61. The summed E-state index contributed by atoms with van der Waals surface area (Å²) in [5.41, 5.74) is 0.662. The normalized spacial score (nSPS) is 10.9. The van der Waals surface area contributed by atoms with E-state index in [9.17, 15) is 4.79 Å². The first-order valence-electron chi connectivity index (χ1n) is 6.40. The van der Waals surface area contributed by atoms with Gasteiger partial charge in [-0.15, -0.1) is 0 Å². The molecule has 0 aromatic heterocycles. The molecule has 22 heavy (non-hydrogen) atoms. The number of carbonyl (C=O) groups is 1. The van der Waals surface area contributed by atoms with Crippen LogP contribution in [0.3, 0.4) is 0 Å². The van der Waals surface area contributed by atoms with Crippen molar-refractivity contribution in [3.05, 3.63) is 64.6 Å². The van der Waals surface area contributed by atoms with Crippen LogP contribution in [0.4, 0.5) is 0 Å². The van der Waals surface area contributed by atoms with Gasteiger partial charge in [-0.1, -0.05) is 36.4 Å². The molecule has 0 atom stereocenters. The van der Waals surface area contributed by atoms with E-state index >= 15 is 0 Å². The number of allylic oxidation sites excluding steroid dienone is 4. The van der Waals surface area contributed by atoms with Crippen LogP contribution in [-0.4, -0.2) is 18.4 Å². The molecule has 0 bridgehead atoms. The van der Waals surface area contributed by atoms with Gasteiger partial charge in [0.05, 0.1) is 12.2 Å². The number of hydrogen-bond acceptors (Lipinski definition) is 4. The number of nitriles is 2. The number of carbonyl (C=O) groups excluding carboxylic acids is 1. The Hall–Kier alpha value is -3.40. The predicted molar refractivity (Wildman–Crippen MR) is 82.2 cm³/mol. The summed E-state index contributed by atoms with van der Waals surface area (Å²) in [5, 5.41) is 27.1. The average molecular weight is 290 g/mol. The van der Waals surface area contributed by atoms with E-state index in [4.69, 9.17) is 20.7 Å². The van der Waals surface area contributed by atoms with Crippen molar-refractivity contribution < 1.29 is 9.53 Å². The second kappa shape index (κ2) is 8.71. The SMILES string of the molecule is CCOC(=O)/C(C#N)=C/C=C(\C(=C=[N-])C#N)c1ccccc1. The number of esters is 1. The first kappa shape index (κ1) is 16.7. The van der Waals surface area contributed by atoms with Gasteiger partial charge in [0, 0.05) is 5.57 Å². The van der Waals surface area contributed by atoms with Crippen LogP contribution in [0.25, 0.3) is 11.0 Å². The van der Waals surface area contributed by atoms with Crippen LogP contribution in [0.5, 0.6) is 0 Å². The Balaban J connectivity index is 3.35. The fourth-order valence-electron chi connectivity index (χ4n) is 1.61. The van der Waals surface area contributed by atoms with Gasteiger partial charge >= 0.3 is 5.97 Å². The van der Waals surface area contributed by atoms with Crippen molar-refractivity contribution in [2.24, 2.45) is 0 Å². The fraction of sp³-hybridized carbons (Fsp3) is 0.118. The monoisotopic (exact) mass is 290 g/mol. The Morgan fingerprint density at radius 2 is 1.91 bits per heavy atom. The summed E-state index contributed by atoms with van der Waals surface area (Å²) in [6.07, 6.45) is 2.64. The minimum absolute atomic E-state index is 0.108. The molecule has 5 nitrogen and oxygen atoms in total. The summed E-state index contributed by atoms with van der Waals surface area (Å²) < 4.78 is 4.75. The molecule has 0 aliphatic carbocycles. The van der Waals surface area contributed by atoms with Crippen LogP contribution in [0.2, 0.25) is 0 Å². The molecule has 0 N–H and O–H groups in total. The van der Waals surface area contributed by atoms with E-state index in [0.29, 0.717) is 11.1 Å². The molecule has 0 spiro atoms. The Kier molecular flexibility index (Phi) is 6.59. The highest BCUT2D eigenvalue weighted by molar-refractivity contribution is 5.96. The van der Waals surface area contributed by atoms with Crippen molar-refractivity contribution in [1.29, 1.82) is 10.5 Å². The first-order valence-corrected chi connectivity index (χ1v) is 6.40. The standard InChI is InChI=1S/C17H12N3O2/c1-2-22-17(21)14(10-18)8-9-16(15(11-19)12-20)13-6-4-3-5-7-13/h3-9H,2H2,1H3/q-1/b14-8+,16-9-. The minimum Gasteiger partial charge on any atom is -0.762 e. The number of nitrogens with zero attached hydrogens (tertiary/aromatic N) is 3. The number of benzene rings is 1. The van der Waals surface area contributed by atoms with Gasteiger partial charge in [0.25, 0.3) is 0 Å². The van der Waals surface area contributed by atoms with Crippen LogP contribution >= 0.6 is 0 Å². The van der Waals surface area contributed by atoms with E-state index in [1.807, 2.05) is 0 Å². The second-order valence-electron chi connectivity index (χ2n) is 3.96. The first-order chi connectivity index (χ1) is 10.7. The summed E-state index contributed by atoms with van der Waals surface area (Å²) in [5.74, 6) is 1.06. The van der Waals surface area contributed by atoms with Gasteiger partial charge < -0.3 is 10.1 Å². The molecule has 0 aliphatic rings. The van der Waals surface area contributed by atoms with E-state index in [1.165, 1.54) is 12.2 Å². The fourth-order valence-corrected chi connectivity index (χ4v) is 1.61. The van der Waals surface area contributed by atoms with Crippen molar-refractivity contribution in [1.82, 2.24) is 0 Å². The second-order valence-corrected chi connectivity index (χ2v) is 3.96. The van der Waals surface area contributed by atoms with Crippen LogP contribution < -0.4 is 0 Å². The Morgan fingerprint density at radius 3 is 2.41 bits per heavy atom. The summed E-state index contributed by atoms with van der Waals surface area (Å²) in [6, 6.07) is 12.3. The van der Waals surface area contributed by atoms with Gasteiger partial charge in [0.1, 0.15) is 17.7 Å². The van der Waals surface area contributed by atoms with Gasteiger partial charge in [0.2, 0.25) is 0 Å². The summed E-state index contributed by atoms with van der Waals surface area (Å²) in [6.45, 7) is 1.79. The van der Waals surface area contributed by atoms with Gasteiger partial charge in [-0.3, -0.25) is 0 Å². The van der Waals surface area contributed by atoms with Gasteiger partial charge in [-0.05, 0) is 18.6 Å². The topological polar surface area (TPSA) is 96.2 Å². The summed E-state index contributed by atoms with van der Waals surface area (Å²) in [4.78, 5) is 11.6. The summed E-state index contributed by atoms with van der Waals surface area (Å²) in [7, 11) is 0. The zero-order chi connectivity index (χ0) is 16.4. The lowest BCUT2D eigenvalue weighted by molar-refractivity contribution is -0.138. The van der Waals surface area contributed by atoms with Crippen molar-refractivity contribution in [3.63, 3.8) is 0 Å². The van der Waals surface area contributed by atoms with Crippen molar-refractivity contribution >= 4 is 17.4 Å². The third kappa shape index (κ3) is 4.31. The molecular weight excluding hydrogens is 278 g/mol. The Labute approximate surface area is 128 Å². The van der Waals surface area contributed by atoms with E-state index in [0.717, 1.165) is 0 Å². The predicted octanol–water partition coefficient (Wildman–Crippen LogP) is 2.77. The zero-order valence-electron chi connectivity index (χ0n) is 11.9. The molecule has 0 heterocycles. The minimum atomic E-state index is -0.746. The highest BCUT2D eigenvalue weighted by Crippen LogP contribution is 2.21.